The fraction of sp³-hybridized carbons (Fsp3) is 0.923. The Morgan fingerprint density at radius 3 is 2.55 bits per heavy atom. The summed E-state index contributed by atoms with van der Waals surface area (Å²) in [4.78, 5) is 13.5. The molecule has 0 saturated carbocycles. The molecule has 118 valence electrons. The molecule has 1 heterocycles. The molecule has 7 heteroatoms. The maximum Gasteiger partial charge on any atom is 0.411 e. The number of hydrogen-bond donors (Lipinski definition) is 1. The second-order valence-electron chi connectivity index (χ2n) is 5.13. The minimum absolute atomic E-state index is 0.0251. The van der Waals surface area contributed by atoms with E-state index < -0.39 is 12.8 Å². The zero-order valence-corrected chi connectivity index (χ0v) is 11.8. The van der Waals surface area contributed by atoms with Gasteiger partial charge in [-0.15, -0.1) is 0 Å². The Labute approximate surface area is 117 Å². The van der Waals surface area contributed by atoms with Crippen molar-refractivity contribution in [3.8, 4) is 0 Å². The molecule has 1 saturated heterocycles. The molecular weight excluding hydrogens is 273 g/mol. The number of piperidine rings is 1. The Hall–Kier alpha value is -0.820. The molecule has 1 aliphatic heterocycles. The lowest BCUT2D eigenvalue weighted by Gasteiger charge is -2.32. The van der Waals surface area contributed by atoms with Crippen LogP contribution in [-0.2, 0) is 9.53 Å². The van der Waals surface area contributed by atoms with Gasteiger partial charge < -0.3 is 15.0 Å². The van der Waals surface area contributed by atoms with Crippen molar-refractivity contribution in [2.75, 3.05) is 39.9 Å². The van der Waals surface area contributed by atoms with Crippen molar-refractivity contribution in [2.24, 2.45) is 5.92 Å². The van der Waals surface area contributed by atoms with Crippen LogP contribution in [0.25, 0.3) is 0 Å². The summed E-state index contributed by atoms with van der Waals surface area (Å²) in [7, 11) is 1.92. The average molecular weight is 296 g/mol. The zero-order valence-electron chi connectivity index (χ0n) is 11.8. The predicted molar refractivity (Wildman–Crippen MR) is 69.3 cm³/mol. The Bertz CT molecular complexity index is 290. The molecule has 0 aliphatic carbocycles. The summed E-state index contributed by atoms with van der Waals surface area (Å²) in [6.07, 6.45) is -1.26. The van der Waals surface area contributed by atoms with E-state index in [1.54, 1.807) is 4.90 Å². The fourth-order valence-electron chi connectivity index (χ4n) is 2.32. The summed E-state index contributed by atoms with van der Waals surface area (Å²) in [5.74, 6) is 0.521. The lowest BCUT2D eigenvalue weighted by molar-refractivity contribution is -0.175. The van der Waals surface area contributed by atoms with Crippen molar-refractivity contribution in [3.05, 3.63) is 0 Å². The summed E-state index contributed by atoms with van der Waals surface area (Å²) in [5, 5.41) is 3.11. The van der Waals surface area contributed by atoms with E-state index >= 15 is 0 Å². The van der Waals surface area contributed by atoms with Gasteiger partial charge in [0.1, 0.15) is 6.61 Å². The van der Waals surface area contributed by atoms with Crippen molar-refractivity contribution in [2.45, 2.75) is 31.9 Å². The van der Waals surface area contributed by atoms with Crippen LogP contribution in [0.15, 0.2) is 0 Å². The molecule has 0 spiro atoms. The van der Waals surface area contributed by atoms with Crippen LogP contribution < -0.4 is 5.32 Å². The predicted octanol–water partition coefficient (Wildman–Crippen LogP) is 1.80. The molecule has 1 N–H and O–H groups in total. The van der Waals surface area contributed by atoms with E-state index in [0.29, 0.717) is 19.0 Å². The third-order valence-electron chi connectivity index (χ3n) is 3.50. The number of carbonyl (C=O) groups is 1. The molecule has 0 radical (unpaired) electrons. The monoisotopic (exact) mass is 296 g/mol. The highest BCUT2D eigenvalue weighted by molar-refractivity contribution is 5.76. The largest absolute Gasteiger partial charge is 0.411 e. The van der Waals surface area contributed by atoms with E-state index in [0.717, 1.165) is 25.8 Å². The van der Waals surface area contributed by atoms with Crippen LogP contribution in [0.5, 0.6) is 0 Å². The number of carbonyl (C=O) groups excluding carboxylic acids is 1. The van der Waals surface area contributed by atoms with Crippen LogP contribution in [-0.4, -0.2) is 56.9 Å². The quantitative estimate of drug-likeness (QED) is 0.729. The molecule has 0 aromatic rings. The first-order valence-corrected chi connectivity index (χ1v) is 6.99. The number of ether oxygens (including phenoxy) is 1. The highest BCUT2D eigenvalue weighted by Crippen LogP contribution is 2.20. The van der Waals surface area contributed by atoms with Crippen molar-refractivity contribution >= 4 is 5.91 Å². The number of rotatable bonds is 7. The standard InChI is InChI=1S/C13H23F3N2O2/c1-17-6-2-11-3-7-18(8-4-11)12(19)5-9-20-10-13(14,15)16/h11,17H,2-10H2,1H3. The molecule has 0 aromatic heterocycles. The molecule has 1 rings (SSSR count). The van der Waals surface area contributed by atoms with Crippen molar-refractivity contribution in [1.82, 2.24) is 10.2 Å². The molecular formula is C13H23F3N2O2. The summed E-state index contributed by atoms with van der Waals surface area (Å²) in [5.41, 5.74) is 0. The molecule has 20 heavy (non-hydrogen) atoms. The summed E-state index contributed by atoms with van der Waals surface area (Å²) >= 11 is 0. The van der Waals surface area contributed by atoms with Gasteiger partial charge in [0.05, 0.1) is 13.0 Å². The molecule has 4 nitrogen and oxygen atoms in total. The summed E-state index contributed by atoms with van der Waals surface area (Å²) < 4.78 is 40.0. The highest BCUT2D eigenvalue weighted by atomic mass is 19.4. The first kappa shape index (κ1) is 17.2. The number of hydrogen-bond acceptors (Lipinski definition) is 3. The van der Waals surface area contributed by atoms with Crippen molar-refractivity contribution < 1.29 is 22.7 Å². The van der Waals surface area contributed by atoms with Gasteiger partial charge in [-0.3, -0.25) is 4.79 Å². The van der Waals surface area contributed by atoms with Gasteiger partial charge in [-0.2, -0.15) is 13.2 Å². The number of alkyl halides is 3. The van der Waals surface area contributed by atoms with Gasteiger partial charge >= 0.3 is 6.18 Å². The van der Waals surface area contributed by atoms with Crippen LogP contribution in [0, 0.1) is 5.92 Å². The highest BCUT2D eigenvalue weighted by Gasteiger charge is 2.28. The molecule has 1 fully saturated rings. The molecule has 1 aliphatic rings. The lowest BCUT2D eigenvalue weighted by Crippen LogP contribution is -2.39. The number of halogens is 3. The Balaban J connectivity index is 2.13. The molecule has 1 amide bonds. The molecule has 0 bridgehead atoms. The third kappa shape index (κ3) is 7.09. The van der Waals surface area contributed by atoms with Crippen LogP contribution in [0.1, 0.15) is 25.7 Å². The topological polar surface area (TPSA) is 41.6 Å². The lowest BCUT2D eigenvalue weighted by atomic mass is 9.93. The van der Waals surface area contributed by atoms with Crippen LogP contribution in [0.3, 0.4) is 0 Å². The van der Waals surface area contributed by atoms with Gasteiger partial charge in [0.15, 0.2) is 0 Å². The minimum atomic E-state index is -4.32. The van der Waals surface area contributed by atoms with E-state index in [1.165, 1.54) is 0 Å². The van der Waals surface area contributed by atoms with E-state index in [9.17, 15) is 18.0 Å². The SMILES string of the molecule is CNCCC1CCN(C(=O)CCOCC(F)(F)F)CC1. The second kappa shape index (κ2) is 8.46. The zero-order chi connectivity index (χ0) is 15.0. The van der Waals surface area contributed by atoms with Gasteiger partial charge in [-0.25, -0.2) is 0 Å². The second-order valence-corrected chi connectivity index (χ2v) is 5.13. The van der Waals surface area contributed by atoms with Gasteiger partial charge in [0.25, 0.3) is 0 Å². The van der Waals surface area contributed by atoms with Crippen molar-refractivity contribution in [3.63, 3.8) is 0 Å². The Morgan fingerprint density at radius 2 is 2.00 bits per heavy atom. The molecule has 0 aromatic carbocycles. The average Bonchev–Trinajstić information content (AvgIpc) is 2.40. The van der Waals surface area contributed by atoms with Gasteiger partial charge in [-0.1, -0.05) is 0 Å². The van der Waals surface area contributed by atoms with E-state index in [2.05, 4.69) is 10.1 Å². The number of nitrogens with one attached hydrogen (secondary N) is 1. The maximum atomic E-state index is 11.9. The number of amides is 1. The minimum Gasteiger partial charge on any atom is -0.372 e. The maximum absolute atomic E-state index is 11.9. The van der Waals surface area contributed by atoms with Crippen LogP contribution >= 0.6 is 0 Å². The summed E-state index contributed by atoms with van der Waals surface area (Å²) in [6, 6.07) is 0. The fourth-order valence-corrected chi connectivity index (χ4v) is 2.32. The van der Waals surface area contributed by atoms with E-state index in [4.69, 9.17) is 0 Å². The van der Waals surface area contributed by atoms with Gasteiger partial charge in [0, 0.05) is 13.1 Å². The summed E-state index contributed by atoms with van der Waals surface area (Å²) in [6.45, 7) is 0.924. The van der Waals surface area contributed by atoms with Gasteiger partial charge in [0.2, 0.25) is 5.91 Å². The van der Waals surface area contributed by atoms with Crippen LogP contribution in [0.2, 0.25) is 0 Å². The number of likely N-dealkylation sites (tertiary alicyclic amines) is 1. The van der Waals surface area contributed by atoms with E-state index in [1.807, 2.05) is 7.05 Å². The third-order valence-corrected chi connectivity index (χ3v) is 3.50. The first-order chi connectivity index (χ1) is 9.42. The Morgan fingerprint density at radius 1 is 1.35 bits per heavy atom. The van der Waals surface area contributed by atoms with Crippen LogP contribution in [0.4, 0.5) is 13.2 Å². The number of nitrogens with zero attached hydrogens (tertiary/aromatic N) is 1. The molecule has 0 unspecified atom stereocenters. The van der Waals surface area contributed by atoms with Gasteiger partial charge in [-0.05, 0) is 38.8 Å². The van der Waals surface area contributed by atoms with Crippen molar-refractivity contribution in [1.29, 1.82) is 0 Å². The van der Waals surface area contributed by atoms with E-state index in [-0.39, 0.29) is 18.9 Å². The normalized spacial score (nSPS) is 17.5. The first-order valence-electron chi connectivity index (χ1n) is 6.99. The Kier molecular flexibility index (Phi) is 7.29. The molecule has 0 atom stereocenters. The smallest absolute Gasteiger partial charge is 0.372 e.